The molecule has 0 radical (unpaired) electrons. The Morgan fingerprint density at radius 1 is 1.06 bits per heavy atom. The fourth-order valence-corrected chi connectivity index (χ4v) is 6.20. The molecule has 2 aromatic rings. The highest BCUT2D eigenvalue weighted by Gasteiger charge is 2.33. The number of aromatic amines is 1. The van der Waals surface area contributed by atoms with Crippen LogP contribution >= 0.6 is 11.6 Å². The van der Waals surface area contributed by atoms with Crippen molar-refractivity contribution in [3.63, 3.8) is 0 Å². The zero-order valence-corrected chi connectivity index (χ0v) is 21.7. The van der Waals surface area contributed by atoms with Crippen LogP contribution in [0.15, 0.2) is 23.0 Å². The minimum Gasteiger partial charge on any atom is -0.369 e. The van der Waals surface area contributed by atoms with Gasteiger partial charge in [0, 0.05) is 46.7 Å². The Bertz CT molecular complexity index is 1100. The van der Waals surface area contributed by atoms with E-state index in [1.54, 1.807) is 6.07 Å². The molecule has 1 heterocycles. The number of aryl methyl sites for hydroxylation is 2. The average molecular weight is 484 g/mol. The van der Waals surface area contributed by atoms with Crippen LogP contribution in [-0.4, -0.2) is 23.5 Å². The van der Waals surface area contributed by atoms with E-state index in [-0.39, 0.29) is 18.0 Å². The van der Waals surface area contributed by atoms with Gasteiger partial charge in [0.2, 0.25) is 0 Å². The fourth-order valence-electron chi connectivity index (χ4n) is 5.99. The highest BCUT2D eigenvalue weighted by atomic mass is 35.5. The molecule has 1 aromatic heterocycles. The maximum atomic E-state index is 13.2. The Morgan fingerprint density at radius 2 is 1.74 bits per heavy atom. The van der Waals surface area contributed by atoms with E-state index in [1.807, 2.05) is 32.9 Å². The number of amides is 1. The van der Waals surface area contributed by atoms with Gasteiger partial charge in [0.1, 0.15) is 0 Å². The normalized spacial score (nSPS) is 20.6. The summed E-state index contributed by atoms with van der Waals surface area (Å²) in [6, 6.07) is 6.15. The van der Waals surface area contributed by atoms with Crippen molar-refractivity contribution in [2.24, 2.45) is 11.8 Å². The van der Waals surface area contributed by atoms with Crippen LogP contribution < -0.4 is 15.8 Å². The van der Waals surface area contributed by atoms with E-state index < -0.39 is 0 Å². The summed E-state index contributed by atoms with van der Waals surface area (Å²) in [6.07, 6.45) is 9.29. The number of H-pyrrole nitrogens is 1. The number of anilines is 1. The van der Waals surface area contributed by atoms with Gasteiger partial charge in [-0.2, -0.15) is 0 Å². The summed E-state index contributed by atoms with van der Waals surface area (Å²) >= 11 is 6.52. The van der Waals surface area contributed by atoms with Gasteiger partial charge >= 0.3 is 0 Å². The predicted octanol–water partition coefficient (Wildman–Crippen LogP) is 6.07. The number of hydrogen-bond donors (Lipinski definition) is 2. The Balaban J connectivity index is 1.50. The minimum absolute atomic E-state index is 0.157. The van der Waals surface area contributed by atoms with Crippen LogP contribution in [0, 0.1) is 32.6 Å². The molecule has 4 rings (SSSR count). The van der Waals surface area contributed by atoms with Gasteiger partial charge < -0.3 is 15.2 Å². The topological polar surface area (TPSA) is 65.2 Å². The molecule has 5 nitrogen and oxygen atoms in total. The highest BCUT2D eigenvalue weighted by Crippen LogP contribution is 2.43. The molecule has 2 aliphatic carbocycles. The standard InChI is InChI=1S/C28H38ClN3O2/c1-5-32(23-11-9-21(10-12-23)20-7-6-8-20)26-15-22(29)14-24(19(26)4)27(33)30-16-25-17(2)13-18(3)31-28(25)34/h13-15,20-21,23H,5-12,16H2,1-4H3,(H,30,33)(H,31,34). The Labute approximate surface area is 208 Å². The molecule has 6 heteroatoms. The second-order valence-corrected chi connectivity index (χ2v) is 10.7. The average Bonchev–Trinajstić information content (AvgIpc) is 2.75. The molecular weight excluding hydrogens is 446 g/mol. The van der Waals surface area contributed by atoms with Gasteiger partial charge in [-0.3, -0.25) is 9.59 Å². The van der Waals surface area contributed by atoms with Crippen molar-refractivity contribution < 1.29 is 4.79 Å². The third-order valence-electron chi connectivity index (χ3n) is 8.16. The summed E-state index contributed by atoms with van der Waals surface area (Å²) in [5.41, 5.74) is 4.68. The number of pyridine rings is 1. The van der Waals surface area contributed by atoms with Gasteiger partial charge in [-0.25, -0.2) is 0 Å². The highest BCUT2D eigenvalue weighted by molar-refractivity contribution is 6.31. The molecule has 34 heavy (non-hydrogen) atoms. The van der Waals surface area contributed by atoms with Crippen molar-refractivity contribution in [3.05, 3.63) is 61.5 Å². The summed E-state index contributed by atoms with van der Waals surface area (Å²) < 4.78 is 0. The van der Waals surface area contributed by atoms with Crippen LogP contribution in [0.2, 0.25) is 5.02 Å². The third kappa shape index (κ3) is 5.19. The molecule has 0 spiro atoms. The van der Waals surface area contributed by atoms with Crippen LogP contribution in [0.5, 0.6) is 0 Å². The summed E-state index contributed by atoms with van der Waals surface area (Å²) in [5.74, 6) is 1.66. The molecular formula is C28H38ClN3O2. The van der Waals surface area contributed by atoms with Crippen LogP contribution in [0.3, 0.4) is 0 Å². The SMILES string of the molecule is CCN(c1cc(Cl)cc(C(=O)NCc2c(C)cc(C)[nH]c2=O)c1C)C1CCC(C2CCC2)CC1. The lowest BCUT2D eigenvalue weighted by Crippen LogP contribution is -2.40. The largest absolute Gasteiger partial charge is 0.369 e. The van der Waals surface area contributed by atoms with Crippen LogP contribution in [0.4, 0.5) is 5.69 Å². The number of aromatic nitrogens is 1. The van der Waals surface area contributed by atoms with Crippen molar-refractivity contribution in [1.82, 2.24) is 10.3 Å². The third-order valence-corrected chi connectivity index (χ3v) is 8.38. The van der Waals surface area contributed by atoms with E-state index in [4.69, 9.17) is 11.6 Å². The molecule has 0 atom stereocenters. The lowest BCUT2D eigenvalue weighted by Gasteiger charge is -2.42. The zero-order chi connectivity index (χ0) is 24.4. The number of rotatable bonds is 7. The Hall–Kier alpha value is -2.27. The van der Waals surface area contributed by atoms with E-state index in [0.717, 1.165) is 40.9 Å². The van der Waals surface area contributed by atoms with Crippen LogP contribution in [0.1, 0.15) is 84.6 Å². The van der Waals surface area contributed by atoms with E-state index in [2.05, 4.69) is 22.1 Å². The molecule has 2 fully saturated rings. The summed E-state index contributed by atoms with van der Waals surface area (Å²) in [6.45, 7) is 9.01. The maximum absolute atomic E-state index is 13.2. The van der Waals surface area contributed by atoms with E-state index in [9.17, 15) is 9.59 Å². The molecule has 2 aliphatic rings. The number of halogens is 1. The molecule has 0 saturated heterocycles. The number of benzene rings is 1. The molecule has 1 aromatic carbocycles. The van der Waals surface area contributed by atoms with Gasteiger partial charge in [-0.15, -0.1) is 0 Å². The predicted molar refractivity (Wildman–Crippen MR) is 140 cm³/mol. The molecule has 0 aliphatic heterocycles. The first-order chi connectivity index (χ1) is 16.3. The first-order valence-electron chi connectivity index (χ1n) is 12.8. The Kier molecular flexibility index (Phi) is 7.71. The fraction of sp³-hybridized carbons (Fsp3) is 0.571. The first kappa shape index (κ1) is 24.8. The first-order valence-corrected chi connectivity index (χ1v) is 13.2. The zero-order valence-electron chi connectivity index (χ0n) is 21.0. The number of carbonyl (C=O) groups excluding carboxylic acids is 1. The van der Waals surface area contributed by atoms with Crippen molar-refractivity contribution in [2.45, 2.75) is 85.2 Å². The minimum atomic E-state index is -0.203. The maximum Gasteiger partial charge on any atom is 0.253 e. The van der Waals surface area contributed by atoms with Crippen molar-refractivity contribution >= 4 is 23.2 Å². The quantitative estimate of drug-likeness (QED) is 0.502. The monoisotopic (exact) mass is 483 g/mol. The summed E-state index contributed by atoms with van der Waals surface area (Å²) in [7, 11) is 0. The number of nitrogens with zero attached hydrogens (tertiary/aromatic N) is 1. The van der Waals surface area contributed by atoms with Gasteiger partial charge in [-0.05, 0) is 94.5 Å². The van der Waals surface area contributed by atoms with Gasteiger partial charge in [0.05, 0.1) is 0 Å². The second kappa shape index (κ2) is 10.6. The molecule has 0 unspecified atom stereocenters. The van der Waals surface area contributed by atoms with E-state index >= 15 is 0 Å². The number of carbonyl (C=O) groups is 1. The molecule has 2 N–H and O–H groups in total. The Morgan fingerprint density at radius 3 is 2.32 bits per heavy atom. The van der Waals surface area contributed by atoms with Gasteiger partial charge in [0.15, 0.2) is 0 Å². The number of nitrogens with one attached hydrogen (secondary N) is 2. The van der Waals surface area contributed by atoms with Crippen molar-refractivity contribution in [1.29, 1.82) is 0 Å². The van der Waals surface area contributed by atoms with Crippen LogP contribution in [-0.2, 0) is 6.54 Å². The molecule has 2 saturated carbocycles. The van der Waals surface area contributed by atoms with Gasteiger partial charge in [-0.1, -0.05) is 30.9 Å². The second-order valence-electron chi connectivity index (χ2n) is 10.3. The summed E-state index contributed by atoms with van der Waals surface area (Å²) in [5, 5.41) is 3.51. The van der Waals surface area contributed by atoms with Crippen molar-refractivity contribution in [3.8, 4) is 0 Å². The smallest absolute Gasteiger partial charge is 0.253 e. The van der Waals surface area contributed by atoms with Crippen molar-refractivity contribution in [2.75, 3.05) is 11.4 Å². The van der Waals surface area contributed by atoms with Crippen LogP contribution in [0.25, 0.3) is 0 Å². The number of hydrogen-bond acceptors (Lipinski definition) is 3. The molecule has 1 amide bonds. The lowest BCUT2D eigenvalue weighted by molar-refractivity contribution is 0.0950. The lowest BCUT2D eigenvalue weighted by atomic mass is 9.69. The van der Waals surface area contributed by atoms with E-state index in [1.165, 1.54) is 44.9 Å². The molecule has 184 valence electrons. The summed E-state index contributed by atoms with van der Waals surface area (Å²) in [4.78, 5) is 30.8. The van der Waals surface area contributed by atoms with E-state index in [0.29, 0.717) is 22.2 Å². The van der Waals surface area contributed by atoms with Gasteiger partial charge in [0.25, 0.3) is 11.5 Å². The molecule has 0 bridgehead atoms.